The van der Waals surface area contributed by atoms with Crippen molar-refractivity contribution in [2.24, 2.45) is 4.99 Å². The molecule has 0 aromatic heterocycles. The molecule has 0 amide bonds. The highest BCUT2D eigenvalue weighted by atomic mass is 16.5. The number of hydrogen-bond acceptors (Lipinski definition) is 6. The van der Waals surface area contributed by atoms with E-state index in [1.165, 1.54) is 56.9 Å². The van der Waals surface area contributed by atoms with Crippen molar-refractivity contribution in [3.05, 3.63) is 52.6 Å². The first kappa shape index (κ1) is 32.5. The van der Waals surface area contributed by atoms with Crippen LogP contribution in [0.3, 0.4) is 0 Å². The van der Waals surface area contributed by atoms with Crippen LogP contribution in [-0.2, 0) is 0 Å². The number of aldehydes is 1. The maximum atomic E-state index is 11.9. The molecular formula is C32H43NO7. The molecule has 8 heteroatoms. The lowest BCUT2D eigenvalue weighted by Gasteiger charge is -2.14. The Morgan fingerprint density at radius 1 is 0.675 bits per heavy atom. The second-order valence-corrected chi connectivity index (χ2v) is 9.92. The quantitative estimate of drug-likeness (QED) is 0.0909. The molecule has 0 saturated carbocycles. The molecule has 0 aliphatic rings. The summed E-state index contributed by atoms with van der Waals surface area (Å²) in [5, 5.41) is 18.8. The molecular weight excluding hydrogens is 510 g/mol. The molecule has 0 unspecified atom stereocenters. The molecule has 0 saturated heterocycles. The number of hydrogen-bond donors (Lipinski definition) is 2. The highest BCUT2D eigenvalue weighted by Gasteiger charge is 2.14. The van der Waals surface area contributed by atoms with E-state index in [0.717, 1.165) is 50.9 Å². The number of aliphatic imine (C=N–C) groups is 1. The Hall–Kier alpha value is -3.68. The van der Waals surface area contributed by atoms with Gasteiger partial charge in [0.1, 0.15) is 11.5 Å². The number of carboxylic acid groups (broad SMARTS) is 2. The Balaban J connectivity index is 2.26. The van der Waals surface area contributed by atoms with Crippen LogP contribution in [0, 0.1) is 0 Å². The summed E-state index contributed by atoms with van der Waals surface area (Å²) >= 11 is 0. The average Bonchev–Trinajstić information content (AvgIpc) is 2.95. The highest BCUT2D eigenvalue weighted by Crippen LogP contribution is 2.29. The normalized spacial score (nSPS) is 11.1. The van der Waals surface area contributed by atoms with Gasteiger partial charge in [0.2, 0.25) is 0 Å². The molecule has 0 bridgehead atoms. The standard InChI is InChI=1S/C32H43NO7/c1-3-5-7-9-11-13-15-39-29-21-27(23-34)30(40-16-14-12-10-8-6-4-2)20-26(29)22-33-28-18-24(31(35)36)17-25(19-28)32(37)38/h17-23H,3-16H2,1-2H3,(H,35,36)(H,37,38). The van der Waals surface area contributed by atoms with E-state index in [2.05, 4.69) is 18.8 Å². The van der Waals surface area contributed by atoms with E-state index in [9.17, 15) is 24.6 Å². The number of carboxylic acids is 2. The summed E-state index contributed by atoms with van der Waals surface area (Å²) in [5.74, 6) is -1.62. The maximum Gasteiger partial charge on any atom is 0.335 e. The lowest BCUT2D eigenvalue weighted by molar-refractivity contribution is 0.0696. The lowest BCUT2D eigenvalue weighted by Crippen LogP contribution is -2.05. The SMILES string of the molecule is CCCCCCCCOc1cc(C=Nc2cc(C(=O)O)cc(C(=O)O)c2)c(OCCCCCCCC)cc1C=O. The van der Waals surface area contributed by atoms with Crippen LogP contribution in [0.1, 0.15) is 128 Å². The van der Waals surface area contributed by atoms with Crippen LogP contribution in [-0.4, -0.2) is 47.9 Å². The van der Waals surface area contributed by atoms with Gasteiger partial charge in [-0.25, -0.2) is 9.59 Å². The van der Waals surface area contributed by atoms with Gasteiger partial charge in [-0.3, -0.25) is 9.79 Å². The zero-order chi connectivity index (χ0) is 29.2. The monoisotopic (exact) mass is 553 g/mol. The summed E-state index contributed by atoms with van der Waals surface area (Å²) in [7, 11) is 0. The van der Waals surface area contributed by atoms with Gasteiger partial charge < -0.3 is 19.7 Å². The molecule has 218 valence electrons. The topological polar surface area (TPSA) is 122 Å². The van der Waals surface area contributed by atoms with Crippen LogP contribution in [0.5, 0.6) is 11.5 Å². The predicted octanol–water partition coefficient (Wildman–Crippen LogP) is 8.12. The molecule has 2 N–H and O–H groups in total. The average molecular weight is 554 g/mol. The van der Waals surface area contributed by atoms with Gasteiger partial charge in [0.15, 0.2) is 6.29 Å². The van der Waals surface area contributed by atoms with Crippen LogP contribution in [0.25, 0.3) is 0 Å². The van der Waals surface area contributed by atoms with E-state index >= 15 is 0 Å². The van der Waals surface area contributed by atoms with Crippen molar-refractivity contribution in [2.45, 2.75) is 90.9 Å². The van der Waals surface area contributed by atoms with Crippen molar-refractivity contribution in [3.63, 3.8) is 0 Å². The number of unbranched alkanes of at least 4 members (excludes halogenated alkanes) is 10. The summed E-state index contributed by atoms with van der Waals surface area (Å²) in [5.41, 5.74) is 0.749. The first-order chi connectivity index (χ1) is 19.4. The Bertz CT molecular complexity index is 1090. The molecule has 0 fully saturated rings. The summed E-state index contributed by atoms with van der Waals surface area (Å²) in [4.78, 5) is 39.2. The molecule has 0 heterocycles. The van der Waals surface area contributed by atoms with Crippen molar-refractivity contribution in [3.8, 4) is 11.5 Å². The van der Waals surface area contributed by atoms with Crippen molar-refractivity contribution >= 4 is 30.1 Å². The zero-order valence-corrected chi connectivity index (χ0v) is 23.8. The number of carbonyl (C=O) groups excluding carboxylic acids is 1. The zero-order valence-electron chi connectivity index (χ0n) is 23.8. The minimum atomic E-state index is -1.25. The van der Waals surface area contributed by atoms with Gasteiger partial charge in [-0.2, -0.15) is 0 Å². The van der Waals surface area contributed by atoms with Crippen molar-refractivity contribution in [2.75, 3.05) is 13.2 Å². The molecule has 0 aliphatic heterocycles. The Labute approximate surface area is 237 Å². The number of nitrogens with zero attached hydrogens (tertiary/aromatic N) is 1. The van der Waals surface area contributed by atoms with Crippen molar-refractivity contribution < 1.29 is 34.1 Å². The third kappa shape index (κ3) is 11.6. The largest absolute Gasteiger partial charge is 0.493 e. The molecule has 0 atom stereocenters. The number of rotatable bonds is 21. The Morgan fingerprint density at radius 3 is 1.60 bits per heavy atom. The minimum Gasteiger partial charge on any atom is -0.493 e. The molecule has 8 nitrogen and oxygen atoms in total. The van der Waals surface area contributed by atoms with Gasteiger partial charge in [0, 0.05) is 11.8 Å². The summed E-state index contributed by atoms with van der Waals surface area (Å²) < 4.78 is 12.0. The number of benzene rings is 2. The predicted molar refractivity (Wildman–Crippen MR) is 157 cm³/mol. The fourth-order valence-corrected chi connectivity index (χ4v) is 4.24. The molecule has 40 heavy (non-hydrogen) atoms. The van der Waals surface area contributed by atoms with E-state index in [1.807, 2.05) is 0 Å². The van der Waals surface area contributed by atoms with E-state index in [-0.39, 0.29) is 16.8 Å². The number of aromatic carboxylic acids is 2. The fraction of sp³-hybridized carbons (Fsp3) is 0.500. The second-order valence-electron chi connectivity index (χ2n) is 9.92. The molecule has 2 aromatic carbocycles. The summed E-state index contributed by atoms with van der Waals surface area (Å²) in [6.45, 7) is 5.31. The highest BCUT2D eigenvalue weighted by molar-refractivity contribution is 5.96. The number of ether oxygens (including phenoxy) is 2. The smallest absolute Gasteiger partial charge is 0.335 e. The van der Waals surface area contributed by atoms with E-state index in [1.54, 1.807) is 12.1 Å². The fourth-order valence-electron chi connectivity index (χ4n) is 4.24. The van der Waals surface area contributed by atoms with Crippen LogP contribution in [0.2, 0.25) is 0 Å². The third-order valence-corrected chi connectivity index (χ3v) is 6.54. The molecule has 0 radical (unpaired) electrons. The molecule has 2 aromatic rings. The van der Waals surface area contributed by atoms with Crippen molar-refractivity contribution in [1.82, 2.24) is 0 Å². The Morgan fingerprint density at radius 2 is 1.12 bits per heavy atom. The van der Waals surface area contributed by atoms with Crippen LogP contribution >= 0.6 is 0 Å². The van der Waals surface area contributed by atoms with Gasteiger partial charge in [0.05, 0.1) is 35.6 Å². The van der Waals surface area contributed by atoms with E-state index < -0.39 is 11.9 Å². The van der Waals surface area contributed by atoms with E-state index in [4.69, 9.17) is 9.47 Å². The summed E-state index contributed by atoms with van der Waals surface area (Å²) in [6, 6.07) is 7.03. The van der Waals surface area contributed by atoms with Gasteiger partial charge in [-0.05, 0) is 43.2 Å². The lowest BCUT2D eigenvalue weighted by atomic mass is 10.1. The molecule has 0 aliphatic carbocycles. The molecule has 0 spiro atoms. The second kappa shape index (κ2) is 18.6. The van der Waals surface area contributed by atoms with Gasteiger partial charge in [-0.15, -0.1) is 0 Å². The summed E-state index contributed by atoms with van der Waals surface area (Å²) in [6.07, 6.45) is 15.6. The maximum absolute atomic E-state index is 11.9. The number of carbonyl (C=O) groups is 3. The molecule has 2 rings (SSSR count). The van der Waals surface area contributed by atoms with Gasteiger partial charge in [-0.1, -0.05) is 78.1 Å². The van der Waals surface area contributed by atoms with Crippen LogP contribution in [0.15, 0.2) is 35.3 Å². The first-order valence-electron chi connectivity index (χ1n) is 14.4. The Kier molecular flexibility index (Phi) is 15.1. The first-order valence-corrected chi connectivity index (χ1v) is 14.4. The van der Waals surface area contributed by atoms with Gasteiger partial charge >= 0.3 is 11.9 Å². The minimum absolute atomic E-state index is 0.174. The van der Waals surface area contributed by atoms with E-state index in [0.29, 0.717) is 35.8 Å². The van der Waals surface area contributed by atoms with Crippen LogP contribution < -0.4 is 9.47 Å². The van der Waals surface area contributed by atoms with Crippen LogP contribution in [0.4, 0.5) is 5.69 Å². The van der Waals surface area contributed by atoms with Gasteiger partial charge in [0.25, 0.3) is 0 Å². The van der Waals surface area contributed by atoms with Crippen molar-refractivity contribution in [1.29, 1.82) is 0 Å². The third-order valence-electron chi connectivity index (χ3n) is 6.54.